The molecule has 27 heavy (non-hydrogen) atoms. The molecule has 1 fully saturated rings. The van der Waals surface area contributed by atoms with E-state index in [0.29, 0.717) is 41.7 Å². The zero-order valence-corrected chi connectivity index (χ0v) is 16.2. The Hall–Kier alpha value is -2.30. The van der Waals surface area contributed by atoms with E-state index in [4.69, 9.17) is 23.2 Å². The summed E-state index contributed by atoms with van der Waals surface area (Å²) in [5.41, 5.74) is 1.54. The summed E-state index contributed by atoms with van der Waals surface area (Å²) in [4.78, 5) is 26.6. The Morgan fingerprint density at radius 3 is 2.41 bits per heavy atom. The number of hydrogen-bond donors (Lipinski definition) is 1. The van der Waals surface area contributed by atoms with E-state index < -0.39 is 0 Å². The van der Waals surface area contributed by atoms with Gasteiger partial charge in [0, 0.05) is 30.1 Å². The zero-order chi connectivity index (χ0) is 19.2. The predicted molar refractivity (Wildman–Crippen MR) is 110 cm³/mol. The number of carbonyl (C=O) groups is 2. The molecule has 3 rings (SSSR count). The molecule has 4 nitrogen and oxygen atoms in total. The normalized spacial score (nSPS) is 15.1. The first-order valence-electron chi connectivity index (χ1n) is 8.81. The van der Waals surface area contributed by atoms with Crippen LogP contribution < -0.4 is 5.32 Å². The van der Waals surface area contributed by atoms with Gasteiger partial charge in [-0.15, -0.1) is 0 Å². The van der Waals surface area contributed by atoms with E-state index >= 15 is 0 Å². The molecule has 0 atom stereocenters. The molecule has 1 saturated heterocycles. The van der Waals surface area contributed by atoms with Crippen molar-refractivity contribution < 1.29 is 9.59 Å². The van der Waals surface area contributed by atoms with Gasteiger partial charge in [-0.05, 0) is 42.7 Å². The standard InChI is InChI=1S/C21H20Cl2N2O2/c22-17-7-8-19(18(23)14-17)24-21(27)16-10-12-25(13-11-16)20(26)9-6-15-4-2-1-3-5-15/h1-9,14,16H,10-13H2,(H,24,27)/b9-6+. The molecule has 6 heteroatoms. The van der Waals surface area contributed by atoms with Crippen LogP contribution in [0, 0.1) is 5.92 Å². The van der Waals surface area contributed by atoms with Crippen LogP contribution in [-0.2, 0) is 9.59 Å². The highest BCUT2D eigenvalue weighted by Crippen LogP contribution is 2.27. The number of nitrogens with one attached hydrogen (secondary N) is 1. The van der Waals surface area contributed by atoms with Crippen molar-refractivity contribution >= 4 is 46.8 Å². The van der Waals surface area contributed by atoms with Crippen molar-refractivity contribution in [2.75, 3.05) is 18.4 Å². The average molecular weight is 403 g/mol. The van der Waals surface area contributed by atoms with Gasteiger partial charge in [0.05, 0.1) is 10.7 Å². The summed E-state index contributed by atoms with van der Waals surface area (Å²) < 4.78 is 0. The summed E-state index contributed by atoms with van der Waals surface area (Å²) in [7, 11) is 0. The molecule has 2 aromatic carbocycles. The molecule has 0 aromatic heterocycles. The lowest BCUT2D eigenvalue weighted by Gasteiger charge is -2.30. The van der Waals surface area contributed by atoms with Crippen LogP contribution >= 0.6 is 23.2 Å². The highest BCUT2D eigenvalue weighted by molar-refractivity contribution is 6.36. The van der Waals surface area contributed by atoms with Crippen molar-refractivity contribution in [3.8, 4) is 0 Å². The SMILES string of the molecule is O=C(Nc1ccc(Cl)cc1Cl)C1CCN(C(=O)/C=C/c2ccccc2)CC1. The summed E-state index contributed by atoms with van der Waals surface area (Å²) in [5, 5.41) is 3.78. The first kappa shape index (κ1) is 19.5. The topological polar surface area (TPSA) is 49.4 Å². The third-order valence-electron chi connectivity index (χ3n) is 4.58. The molecule has 0 saturated carbocycles. The van der Waals surface area contributed by atoms with Crippen molar-refractivity contribution in [1.82, 2.24) is 4.90 Å². The Bertz CT molecular complexity index is 845. The van der Waals surface area contributed by atoms with Crippen LogP contribution in [0.4, 0.5) is 5.69 Å². The second kappa shape index (κ2) is 9.07. The number of anilines is 1. The number of piperidine rings is 1. The molecule has 0 spiro atoms. The predicted octanol–water partition coefficient (Wildman–Crippen LogP) is 4.88. The molecular weight excluding hydrogens is 383 g/mol. The van der Waals surface area contributed by atoms with Gasteiger partial charge in [-0.25, -0.2) is 0 Å². The highest BCUT2D eigenvalue weighted by Gasteiger charge is 2.26. The fourth-order valence-corrected chi connectivity index (χ4v) is 3.48. The van der Waals surface area contributed by atoms with Gasteiger partial charge in [0.25, 0.3) is 0 Å². The third kappa shape index (κ3) is 5.34. The smallest absolute Gasteiger partial charge is 0.246 e. The largest absolute Gasteiger partial charge is 0.339 e. The Labute approximate surface area is 168 Å². The molecule has 2 aromatic rings. The van der Waals surface area contributed by atoms with E-state index in [1.54, 1.807) is 29.2 Å². The first-order valence-corrected chi connectivity index (χ1v) is 9.56. The Morgan fingerprint density at radius 1 is 1.04 bits per heavy atom. The summed E-state index contributed by atoms with van der Waals surface area (Å²) >= 11 is 12.0. The maximum atomic E-state index is 12.5. The number of carbonyl (C=O) groups excluding carboxylic acids is 2. The van der Waals surface area contributed by atoms with Gasteiger partial charge in [-0.2, -0.15) is 0 Å². The molecular formula is C21H20Cl2N2O2. The zero-order valence-electron chi connectivity index (χ0n) is 14.7. The second-order valence-electron chi connectivity index (χ2n) is 6.46. The molecule has 1 heterocycles. The minimum absolute atomic E-state index is 0.0292. The molecule has 2 amide bonds. The molecule has 0 unspecified atom stereocenters. The lowest BCUT2D eigenvalue weighted by Crippen LogP contribution is -2.40. The number of halogens is 2. The molecule has 140 valence electrons. The van der Waals surface area contributed by atoms with Gasteiger partial charge in [0.1, 0.15) is 0 Å². The highest BCUT2D eigenvalue weighted by atomic mass is 35.5. The van der Waals surface area contributed by atoms with E-state index in [1.165, 1.54) is 0 Å². The molecule has 1 N–H and O–H groups in total. The molecule has 1 aliphatic heterocycles. The van der Waals surface area contributed by atoms with Crippen molar-refractivity contribution in [3.63, 3.8) is 0 Å². The van der Waals surface area contributed by atoms with E-state index in [2.05, 4.69) is 5.32 Å². The van der Waals surface area contributed by atoms with E-state index in [-0.39, 0.29) is 17.7 Å². The number of nitrogens with zero attached hydrogens (tertiary/aromatic N) is 1. The minimum atomic E-state index is -0.140. The van der Waals surface area contributed by atoms with Gasteiger partial charge in [0.2, 0.25) is 11.8 Å². The monoisotopic (exact) mass is 402 g/mol. The van der Waals surface area contributed by atoms with Crippen LogP contribution in [0.25, 0.3) is 6.08 Å². The van der Waals surface area contributed by atoms with Gasteiger partial charge in [-0.1, -0.05) is 53.5 Å². The van der Waals surface area contributed by atoms with Gasteiger partial charge < -0.3 is 10.2 Å². The lowest BCUT2D eigenvalue weighted by atomic mass is 9.95. The minimum Gasteiger partial charge on any atom is -0.339 e. The molecule has 0 aliphatic carbocycles. The van der Waals surface area contributed by atoms with Crippen LogP contribution in [0.1, 0.15) is 18.4 Å². The fraction of sp³-hybridized carbons (Fsp3) is 0.238. The van der Waals surface area contributed by atoms with Crippen LogP contribution in [0.2, 0.25) is 10.0 Å². The maximum absolute atomic E-state index is 12.5. The van der Waals surface area contributed by atoms with Crippen molar-refractivity contribution in [2.24, 2.45) is 5.92 Å². The Morgan fingerprint density at radius 2 is 1.74 bits per heavy atom. The number of benzene rings is 2. The van der Waals surface area contributed by atoms with Gasteiger partial charge in [0.15, 0.2) is 0 Å². The quantitative estimate of drug-likeness (QED) is 0.740. The fourth-order valence-electron chi connectivity index (χ4n) is 3.02. The second-order valence-corrected chi connectivity index (χ2v) is 7.30. The third-order valence-corrected chi connectivity index (χ3v) is 5.13. The van der Waals surface area contributed by atoms with Crippen LogP contribution in [-0.4, -0.2) is 29.8 Å². The number of likely N-dealkylation sites (tertiary alicyclic amines) is 1. The van der Waals surface area contributed by atoms with E-state index in [9.17, 15) is 9.59 Å². The summed E-state index contributed by atoms with van der Waals surface area (Å²) in [6.07, 6.45) is 4.65. The van der Waals surface area contributed by atoms with Crippen LogP contribution in [0.15, 0.2) is 54.6 Å². The van der Waals surface area contributed by atoms with Crippen molar-refractivity contribution in [2.45, 2.75) is 12.8 Å². The number of hydrogen-bond acceptors (Lipinski definition) is 2. The number of amides is 2. The van der Waals surface area contributed by atoms with Gasteiger partial charge >= 0.3 is 0 Å². The number of rotatable bonds is 4. The van der Waals surface area contributed by atoms with Crippen molar-refractivity contribution in [3.05, 3.63) is 70.2 Å². The first-order chi connectivity index (χ1) is 13.0. The van der Waals surface area contributed by atoms with E-state index in [1.807, 2.05) is 36.4 Å². The molecule has 0 bridgehead atoms. The molecule has 1 aliphatic rings. The summed E-state index contributed by atoms with van der Waals surface area (Å²) in [5.74, 6) is -0.247. The van der Waals surface area contributed by atoms with Crippen molar-refractivity contribution in [1.29, 1.82) is 0 Å². The lowest BCUT2D eigenvalue weighted by molar-refractivity contribution is -0.130. The summed E-state index contributed by atoms with van der Waals surface area (Å²) in [6, 6.07) is 14.7. The molecule has 0 radical (unpaired) electrons. The van der Waals surface area contributed by atoms with Gasteiger partial charge in [-0.3, -0.25) is 9.59 Å². The van der Waals surface area contributed by atoms with E-state index in [0.717, 1.165) is 5.56 Å². The Balaban J connectivity index is 1.51. The Kier molecular flexibility index (Phi) is 6.54. The maximum Gasteiger partial charge on any atom is 0.246 e. The van der Waals surface area contributed by atoms with Crippen LogP contribution in [0.3, 0.4) is 0 Å². The average Bonchev–Trinajstić information content (AvgIpc) is 2.69. The van der Waals surface area contributed by atoms with Crippen LogP contribution in [0.5, 0.6) is 0 Å². The summed E-state index contributed by atoms with van der Waals surface area (Å²) in [6.45, 7) is 1.12.